The Labute approximate surface area is 206 Å². The highest BCUT2D eigenvalue weighted by Crippen LogP contribution is 2.22. The molecule has 1 aliphatic heterocycles. The van der Waals surface area contributed by atoms with Crippen molar-refractivity contribution < 1.29 is 19.4 Å². The fourth-order valence-electron chi connectivity index (χ4n) is 4.53. The van der Waals surface area contributed by atoms with Gasteiger partial charge in [0.25, 0.3) is 5.91 Å². The van der Waals surface area contributed by atoms with E-state index in [9.17, 15) is 14.7 Å². The van der Waals surface area contributed by atoms with Gasteiger partial charge in [-0.1, -0.05) is 71.8 Å². The summed E-state index contributed by atoms with van der Waals surface area (Å²) >= 11 is 0. The maximum atomic E-state index is 13.1. The zero-order valence-electron chi connectivity index (χ0n) is 21.5. The van der Waals surface area contributed by atoms with E-state index in [1.54, 1.807) is 12.1 Å². The van der Waals surface area contributed by atoms with Crippen molar-refractivity contribution in [3.8, 4) is 5.75 Å². The van der Waals surface area contributed by atoms with Gasteiger partial charge >= 0.3 is 0 Å². The van der Waals surface area contributed by atoms with Gasteiger partial charge in [-0.25, -0.2) is 0 Å². The molecule has 4 atom stereocenters. The quantitative estimate of drug-likeness (QED) is 0.472. The standard InChI is InChI=1S/C28H46N2O4/c1-4-5-16-29-27(32)22(3)19-26(31)25-18-21(2)13-10-8-6-7-9-11-17-34-24-15-12-14-23(20-24)28(33)30-25/h12,14-15,20-22,25-26,31H,4-11,13,16-19H2,1-3H3,(H,29,32)(H,30,33)/t21-,22?,25?,26?/m1/s1. The lowest BCUT2D eigenvalue weighted by Crippen LogP contribution is -2.46. The number of amides is 2. The highest BCUT2D eigenvalue weighted by atomic mass is 16.5. The summed E-state index contributed by atoms with van der Waals surface area (Å²) in [6.45, 7) is 7.43. The number of aliphatic hydroxyl groups is 1. The van der Waals surface area contributed by atoms with Crippen molar-refractivity contribution in [2.45, 2.75) is 104 Å². The van der Waals surface area contributed by atoms with Crippen LogP contribution in [0, 0.1) is 11.8 Å². The van der Waals surface area contributed by atoms with E-state index in [-0.39, 0.29) is 17.7 Å². The van der Waals surface area contributed by atoms with Crippen molar-refractivity contribution in [2.75, 3.05) is 13.2 Å². The van der Waals surface area contributed by atoms with Crippen molar-refractivity contribution >= 4 is 11.8 Å². The third-order valence-corrected chi connectivity index (χ3v) is 6.77. The van der Waals surface area contributed by atoms with Crippen molar-refractivity contribution in [2.24, 2.45) is 11.8 Å². The summed E-state index contributed by atoms with van der Waals surface area (Å²) in [6, 6.07) is 6.83. The predicted octanol–water partition coefficient (Wildman–Crippen LogP) is 5.24. The van der Waals surface area contributed by atoms with Crippen molar-refractivity contribution in [1.29, 1.82) is 0 Å². The van der Waals surface area contributed by atoms with Gasteiger partial charge in [-0.2, -0.15) is 0 Å². The number of rotatable bonds is 7. The van der Waals surface area contributed by atoms with Crippen LogP contribution in [0.1, 0.15) is 102 Å². The first-order chi connectivity index (χ1) is 16.4. The van der Waals surface area contributed by atoms with Gasteiger partial charge in [0.2, 0.25) is 5.91 Å². The van der Waals surface area contributed by atoms with Gasteiger partial charge in [0.05, 0.1) is 18.8 Å². The summed E-state index contributed by atoms with van der Waals surface area (Å²) in [7, 11) is 0. The van der Waals surface area contributed by atoms with Crippen LogP contribution >= 0.6 is 0 Å². The maximum Gasteiger partial charge on any atom is 0.251 e. The van der Waals surface area contributed by atoms with Gasteiger partial charge < -0.3 is 20.5 Å². The molecule has 6 nitrogen and oxygen atoms in total. The molecule has 34 heavy (non-hydrogen) atoms. The fraction of sp³-hybridized carbons (Fsp3) is 0.714. The molecule has 0 saturated heterocycles. The molecule has 0 aromatic heterocycles. The number of carbonyl (C=O) groups is 2. The molecule has 1 aromatic rings. The molecule has 3 N–H and O–H groups in total. The summed E-state index contributed by atoms with van der Waals surface area (Å²) < 4.78 is 5.86. The Morgan fingerprint density at radius 2 is 1.94 bits per heavy atom. The number of aliphatic hydroxyl groups excluding tert-OH is 1. The van der Waals surface area contributed by atoms with Crippen molar-refractivity contribution in [3.05, 3.63) is 29.8 Å². The molecule has 0 saturated carbocycles. The Morgan fingerprint density at radius 1 is 1.21 bits per heavy atom. The highest BCUT2D eigenvalue weighted by molar-refractivity contribution is 5.94. The second kappa shape index (κ2) is 15.8. The van der Waals surface area contributed by atoms with Gasteiger partial charge in [-0.15, -0.1) is 0 Å². The highest BCUT2D eigenvalue weighted by Gasteiger charge is 2.27. The van der Waals surface area contributed by atoms with Crippen LogP contribution in [0.2, 0.25) is 0 Å². The number of fused-ring (bicyclic) bond motifs is 2. The molecule has 0 aliphatic carbocycles. The van der Waals surface area contributed by atoms with Gasteiger partial charge in [0, 0.05) is 18.0 Å². The predicted molar refractivity (Wildman–Crippen MR) is 137 cm³/mol. The first kappa shape index (κ1) is 28.2. The van der Waals surface area contributed by atoms with Crippen LogP contribution in [0.5, 0.6) is 5.75 Å². The minimum Gasteiger partial charge on any atom is -0.494 e. The molecule has 1 heterocycles. The van der Waals surface area contributed by atoms with Crippen molar-refractivity contribution in [3.63, 3.8) is 0 Å². The van der Waals surface area contributed by atoms with E-state index in [1.165, 1.54) is 19.3 Å². The molecule has 0 fully saturated rings. The first-order valence-electron chi connectivity index (χ1n) is 13.4. The normalized spacial score (nSPS) is 22.5. The Morgan fingerprint density at radius 3 is 2.71 bits per heavy atom. The molecule has 0 spiro atoms. The van der Waals surface area contributed by atoms with Crippen LogP contribution in [0.25, 0.3) is 0 Å². The fourth-order valence-corrected chi connectivity index (χ4v) is 4.53. The lowest BCUT2D eigenvalue weighted by atomic mass is 9.89. The van der Waals surface area contributed by atoms with Gasteiger partial charge in [0.1, 0.15) is 5.75 Å². The maximum absolute atomic E-state index is 13.1. The number of hydrogen-bond donors (Lipinski definition) is 3. The Balaban J connectivity index is 2.10. The van der Waals surface area contributed by atoms with E-state index in [4.69, 9.17) is 4.74 Å². The number of ether oxygens (including phenoxy) is 1. The van der Waals surface area contributed by atoms with Crippen LogP contribution in [0.15, 0.2) is 24.3 Å². The summed E-state index contributed by atoms with van der Waals surface area (Å²) in [5, 5.41) is 17.1. The molecule has 1 aromatic carbocycles. The summed E-state index contributed by atoms with van der Waals surface area (Å²) in [4.78, 5) is 25.5. The Hall–Kier alpha value is -2.08. The minimum atomic E-state index is -0.792. The van der Waals surface area contributed by atoms with E-state index in [0.29, 0.717) is 43.2 Å². The van der Waals surface area contributed by atoms with Gasteiger partial charge in [-0.3, -0.25) is 9.59 Å². The molecular formula is C28H46N2O4. The molecule has 3 unspecified atom stereocenters. The van der Waals surface area contributed by atoms with Crippen molar-refractivity contribution in [1.82, 2.24) is 10.6 Å². The lowest BCUT2D eigenvalue weighted by Gasteiger charge is -2.28. The number of carbonyl (C=O) groups excluding carboxylic acids is 2. The molecule has 2 bridgehead atoms. The molecule has 2 rings (SSSR count). The molecule has 192 valence electrons. The Bertz CT molecular complexity index is 739. The van der Waals surface area contributed by atoms with E-state index < -0.39 is 12.1 Å². The number of benzene rings is 1. The molecular weight excluding hydrogens is 428 g/mol. The van der Waals surface area contributed by atoms with Crippen LogP contribution < -0.4 is 15.4 Å². The average Bonchev–Trinajstić information content (AvgIpc) is 2.82. The largest absolute Gasteiger partial charge is 0.494 e. The molecule has 6 heteroatoms. The Kier molecular flexibility index (Phi) is 13.0. The topological polar surface area (TPSA) is 87.7 Å². The minimum absolute atomic E-state index is 0.0407. The summed E-state index contributed by atoms with van der Waals surface area (Å²) in [5.74, 6) is 0.491. The lowest BCUT2D eigenvalue weighted by molar-refractivity contribution is -0.125. The second-order valence-electron chi connectivity index (χ2n) is 10.1. The zero-order valence-corrected chi connectivity index (χ0v) is 21.5. The van der Waals surface area contributed by atoms with E-state index in [2.05, 4.69) is 24.5 Å². The SMILES string of the molecule is CCCCNC(=O)C(C)CC(O)C1C[C@H](C)CCCCCCCCOc2cccc(c2)C(=O)N1. The van der Waals surface area contributed by atoms with E-state index in [0.717, 1.165) is 38.5 Å². The summed E-state index contributed by atoms with van der Waals surface area (Å²) in [6.07, 6.45) is 10.3. The monoisotopic (exact) mass is 474 g/mol. The molecule has 1 aliphatic rings. The third kappa shape index (κ3) is 10.5. The van der Waals surface area contributed by atoms with Crippen LogP contribution in [0.3, 0.4) is 0 Å². The van der Waals surface area contributed by atoms with Crippen LogP contribution in [-0.4, -0.2) is 42.2 Å². The van der Waals surface area contributed by atoms with E-state index >= 15 is 0 Å². The molecule has 2 amide bonds. The second-order valence-corrected chi connectivity index (χ2v) is 10.1. The van der Waals surface area contributed by atoms with Crippen LogP contribution in [-0.2, 0) is 4.79 Å². The smallest absolute Gasteiger partial charge is 0.251 e. The van der Waals surface area contributed by atoms with Gasteiger partial charge in [0.15, 0.2) is 0 Å². The average molecular weight is 475 g/mol. The first-order valence-corrected chi connectivity index (χ1v) is 13.4. The number of nitrogens with one attached hydrogen (secondary N) is 2. The van der Waals surface area contributed by atoms with E-state index in [1.807, 2.05) is 19.1 Å². The number of unbranched alkanes of at least 4 members (excludes halogenated alkanes) is 1. The van der Waals surface area contributed by atoms with Crippen LogP contribution in [0.4, 0.5) is 0 Å². The number of hydrogen-bond acceptors (Lipinski definition) is 4. The zero-order chi connectivity index (χ0) is 24.8. The third-order valence-electron chi connectivity index (χ3n) is 6.77. The molecule has 0 radical (unpaired) electrons. The van der Waals surface area contributed by atoms with Gasteiger partial charge in [-0.05, 0) is 49.8 Å². The summed E-state index contributed by atoms with van der Waals surface area (Å²) in [5.41, 5.74) is 0.525.